The summed E-state index contributed by atoms with van der Waals surface area (Å²) < 4.78 is 0. The van der Waals surface area contributed by atoms with E-state index in [2.05, 4.69) is 60.6 Å². The third kappa shape index (κ3) is 4.46. The summed E-state index contributed by atoms with van der Waals surface area (Å²) in [6.07, 6.45) is 1.01. The molecular formula is C25H29N7O. The quantitative estimate of drug-likeness (QED) is 0.669. The molecule has 1 aromatic heterocycles. The Bertz CT molecular complexity index is 1160. The maximum absolute atomic E-state index is 13.1. The third-order valence-corrected chi connectivity index (χ3v) is 6.55. The summed E-state index contributed by atoms with van der Waals surface area (Å²) in [6.45, 7) is 8.23. The average molecular weight is 444 g/mol. The Morgan fingerprint density at radius 1 is 0.818 bits per heavy atom. The number of aromatic nitrogens is 3. The minimum absolute atomic E-state index is 0.0707. The molecule has 1 saturated heterocycles. The largest absolute Gasteiger partial charge is 0.365 e. The van der Waals surface area contributed by atoms with Crippen LogP contribution < -0.4 is 15.1 Å². The minimum Gasteiger partial charge on any atom is -0.365 e. The van der Waals surface area contributed by atoms with Crippen LogP contribution >= 0.6 is 0 Å². The van der Waals surface area contributed by atoms with Crippen LogP contribution in [-0.2, 0) is 13.0 Å². The average Bonchev–Trinajstić information content (AvgIpc) is 2.86. The molecule has 0 radical (unpaired) electrons. The normalized spacial score (nSPS) is 15.9. The number of hydrogen-bond acceptors (Lipinski definition) is 6. The van der Waals surface area contributed by atoms with E-state index in [1.807, 2.05) is 36.9 Å². The number of nitrogens with zero attached hydrogens (tertiary/aromatic N) is 6. The molecule has 33 heavy (non-hydrogen) atoms. The van der Waals surface area contributed by atoms with Crippen LogP contribution in [0.3, 0.4) is 0 Å². The first kappa shape index (κ1) is 21.2. The van der Waals surface area contributed by atoms with E-state index in [4.69, 9.17) is 0 Å². The summed E-state index contributed by atoms with van der Waals surface area (Å²) in [4.78, 5) is 23.9. The second kappa shape index (κ2) is 9.05. The van der Waals surface area contributed by atoms with E-state index in [1.165, 1.54) is 11.1 Å². The summed E-state index contributed by atoms with van der Waals surface area (Å²) >= 11 is 0. The van der Waals surface area contributed by atoms with Crippen molar-refractivity contribution in [1.29, 1.82) is 0 Å². The van der Waals surface area contributed by atoms with Crippen LogP contribution in [0.15, 0.2) is 48.5 Å². The number of rotatable bonds is 3. The van der Waals surface area contributed by atoms with Gasteiger partial charge in [-0.2, -0.15) is 5.10 Å². The van der Waals surface area contributed by atoms with Gasteiger partial charge in [0, 0.05) is 39.3 Å². The van der Waals surface area contributed by atoms with Crippen molar-refractivity contribution < 1.29 is 4.79 Å². The smallest absolute Gasteiger partial charge is 0.322 e. The van der Waals surface area contributed by atoms with Crippen molar-refractivity contribution >= 4 is 23.4 Å². The van der Waals surface area contributed by atoms with Crippen molar-refractivity contribution in [3.63, 3.8) is 0 Å². The van der Waals surface area contributed by atoms with Crippen molar-refractivity contribution in [1.82, 2.24) is 20.1 Å². The van der Waals surface area contributed by atoms with Crippen molar-refractivity contribution in [2.75, 3.05) is 47.8 Å². The zero-order valence-corrected chi connectivity index (χ0v) is 19.2. The first-order chi connectivity index (χ1) is 16.1. The molecule has 0 bridgehead atoms. The van der Waals surface area contributed by atoms with E-state index >= 15 is 0 Å². The molecule has 0 aliphatic carbocycles. The number of anilines is 3. The molecule has 1 N–H and O–H groups in total. The van der Waals surface area contributed by atoms with E-state index in [0.29, 0.717) is 32.1 Å². The lowest BCUT2D eigenvalue weighted by molar-refractivity contribution is 0.208. The highest BCUT2D eigenvalue weighted by molar-refractivity contribution is 5.93. The molecule has 0 unspecified atom stereocenters. The number of amides is 2. The molecule has 0 saturated carbocycles. The number of benzene rings is 2. The predicted molar refractivity (Wildman–Crippen MR) is 130 cm³/mol. The standard InChI is InChI=1S/C25H29N7O/c1-18-19(2)28-29-24(26-18)30-13-15-31(16-14-30)25(33)27-22-9-5-6-10-23(22)32-12-11-20-7-3-4-8-21(20)17-32/h3-10H,11-17H2,1-2H3,(H,27,33). The number of piperazine rings is 1. The van der Waals surface area contributed by atoms with Crippen molar-refractivity contribution in [3.05, 3.63) is 71.0 Å². The number of para-hydroxylation sites is 2. The van der Waals surface area contributed by atoms with E-state index in [-0.39, 0.29) is 6.03 Å². The fourth-order valence-electron chi connectivity index (χ4n) is 4.44. The van der Waals surface area contributed by atoms with E-state index in [0.717, 1.165) is 42.3 Å². The highest BCUT2D eigenvalue weighted by Gasteiger charge is 2.25. The second-order valence-corrected chi connectivity index (χ2v) is 8.64. The lowest BCUT2D eigenvalue weighted by Gasteiger charge is -2.35. The van der Waals surface area contributed by atoms with E-state index in [9.17, 15) is 4.79 Å². The molecule has 1 fully saturated rings. The van der Waals surface area contributed by atoms with Gasteiger partial charge in [0.15, 0.2) is 0 Å². The summed E-state index contributed by atoms with van der Waals surface area (Å²) in [7, 11) is 0. The van der Waals surface area contributed by atoms with Crippen LogP contribution in [0, 0.1) is 13.8 Å². The van der Waals surface area contributed by atoms with Gasteiger partial charge in [-0.15, -0.1) is 5.10 Å². The van der Waals surface area contributed by atoms with Crippen LogP contribution in [0.1, 0.15) is 22.5 Å². The number of aryl methyl sites for hydroxylation is 2. The Hall–Kier alpha value is -3.68. The summed E-state index contributed by atoms with van der Waals surface area (Å²) in [5.41, 5.74) is 6.41. The van der Waals surface area contributed by atoms with E-state index in [1.54, 1.807) is 0 Å². The Labute approximate surface area is 194 Å². The van der Waals surface area contributed by atoms with Gasteiger partial charge in [-0.05, 0) is 43.5 Å². The molecule has 5 rings (SSSR count). The summed E-state index contributed by atoms with van der Waals surface area (Å²) in [5, 5.41) is 11.6. The van der Waals surface area contributed by atoms with Crippen molar-refractivity contribution in [2.24, 2.45) is 0 Å². The highest BCUT2D eigenvalue weighted by atomic mass is 16.2. The molecule has 8 heteroatoms. The van der Waals surface area contributed by atoms with Gasteiger partial charge in [-0.25, -0.2) is 9.78 Å². The number of hydrogen-bond donors (Lipinski definition) is 1. The van der Waals surface area contributed by atoms with E-state index < -0.39 is 0 Å². The SMILES string of the molecule is Cc1nnc(N2CCN(C(=O)Nc3ccccc3N3CCc4ccccc4C3)CC2)nc1C. The van der Waals surface area contributed by atoms with Crippen molar-refractivity contribution in [2.45, 2.75) is 26.8 Å². The number of nitrogens with one attached hydrogen (secondary N) is 1. The number of urea groups is 1. The zero-order valence-electron chi connectivity index (χ0n) is 19.2. The van der Waals surface area contributed by atoms with Gasteiger partial charge < -0.3 is 20.0 Å². The van der Waals surface area contributed by atoms with Crippen LogP contribution in [0.4, 0.5) is 22.1 Å². The van der Waals surface area contributed by atoms with Crippen LogP contribution in [0.2, 0.25) is 0 Å². The number of carbonyl (C=O) groups is 1. The van der Waals surface area contributed by atoms with Crippen LogP contribution in [-0.4, -0.2) is 58.8 Å². The number of fused-ring (bicyclic) bond motifs is 1. The fraction of sp³-hybridized carbons (Fsp3) is 0.360. The third-order valence-electron chi connectivity index (χ3n) is 6.55. The fourth-order valence-corrected chi connectivity index (χ4v) is 4.44. The lowest BCUT2D eigenvalue weighted by atomic mass is 9.99. The monoisotopic (exact) mass is 443 g/mol. The first-order valence-corrected chi connectivity index (χ1v) is 11.5. The van der Waals surface area contributed by atoms with Gasteiger partial charge in [0.1, 0.15) is 0 Å². The Morgan fingerprint density at radius 3 is 2.33 bits per heavy atom. The molecule has 8 nitrogen and oxygen atoms in total. The summed E-state index contributed by atoms with van der Waals surface area (Å²) in [6, 6.07) is 16.6. The minimum atomic E-state index is -0.0707. The molecule has 2 aliphatic rings. The Balaban J connectivity index is 1.24. The molecule has 170 valence electrons. The van der Waals surface area contributed by atoms with Gasteiger partial charge in [0.2, 0.25) is 5.95 Å². The van der Waals surface area contributed by atoms with Gasteiger partial charge in [0.25, 0.3) is 0 Å². The molecule has 3 aromatic rings. The number of carbonyl (C=O) groups excluding carboxylic acids is 1. The van der Waals surface area contributed by atoms with Crippen LogP contribution in [0.5, 0.6) is 0 Å². The molecule has 0 spiro atoms. The van der Waals surface area contributed by atoms with Gasteiger partial charge >= 0.3 is 6.03 Å². The van der Waals surface area contributed by atoms with Gasteiger partial charge in [0.05, 0.1) is 22.8 Å². The van der Waals surface area contributed by atoms with Gasteiger partial charge in [-0.1, -0.05) is 36.4 Å². The summed E-state index contributed by atoms with van der Waals surface area (Å²) in [5.74, 6) is 0.633. The molecule has 2 aromatic carbocycles. The molecule has 2 amide bonds. The topological polar surface area (TPSA) is 77.5 Å². The Kier molecular flexibility index (Phi) is 5.81. The Morgan fingerprint density at radius 2 is 1.55 bits per heavy atom. The first-order valence-electron chi connectivity index (χ1n) is 11.5. The molecule has 0 atom stereocenters. The maximum Gasteiger partial charge on any atom is 0.322 e. The zero-order chi connectivity index (χ0) is 22.8. The predicted octanol–water partition coefficient (Wildman–Crippen LogP) is 3.41. The van der Waals surface area contributed by atoms with Gasteiger partial charge in [-0.3, -0.25) is 0 Å². The highest BCUT2D eigenvalue weighted by Crippen LogP contribution is 2.30. The molecular weight excluding hydrogens is 414 g/mol. The molecule has 2 aliphatic heterocycles. The second-order valence-electron chi connectivity index (χ2n) is 8.64. The maximum atomic E-state index is 13.1. The molecule has 3 heterocycles. The van der Waals surface area contributed by atoms with Crippen LogP contribution in [0.25, 0.3) is 0 Å². The van der Waals surface area contributed by atoms with Crippen molar-refractivity contribution in [3.8, 4) is 0 Å². The lowest BCUT2D eigenvalue weighted by Crippen LogP contribution is -2.50.